The van der Waals surface area contributed by atoms with E-state index in [0.717, 1.165) is 50.9 Å². The molecule has 0 amide bonds. The summed E-state index contributed by atoms with van der Waals surface area (Å²) in [5.41, 5.74) is 11.7. The number of ether oxygens (including phenoxy) is 2. The van der Waals surface area contributed by atoms with Crippen LogP contribution in [0.1, 0.15) is 25.0 Å². The van der Waals surface area contributed by atoms with Crippen LogP contribution < -0.4 is 30.8 Å². The summed E-state index contributed by atoms with van der Waals surface area (Å²) in [5, 5.41) is 4.84. The Morgan fingerprint density at radius 1 is 0.510 bits per heavy atom. The van der Waals surface area contributed by atoms with Crippen LogP contribution in [-0.2, 0) is 5.41 Å². The third-order valence-corrected chi connectivity index (χ3v) is 11.4. The van der Waals surface area contributed by atoms with Crippen LogP contribution in [0.25, 0.3) is 32.7 Å². The number of anilines is 3. The van der Waals surface area contributed by atoms with Crippen molar-refractivity contribution >= 4 is 61.7 Å². The van der Waals surface area contributed by atoms with Crippen LogP contribution in [0.4, 0.5) is 17.1 Å². The number of rotatable bonds is 3. The summed E-state index contributed by atoms with van der Waals surface area (Å²) in [6.07, 6.45) is 0. The first-order valence-electron chi connectivity index (χ1n) is 17.7. The van der Waals surface area contributed by atoms with Gasteiger partial charge >= 0.3 is 0 Å². The summed E-state index contributed by atoms with van der Waals surface area (Å²) in [4.78, 5) is 2.38. The molecule has 0 aromatic heterocycles. The number of benzene rings is 8. The normalized spacial score (nSPS) is 14.1. The molecule has 11 rings (SSSR count). The Morgan fingerprint density at radius 3 is 1.98 bits per heavy atom. The molecule has 0 unspecified atom stereocenters. The van der Waals surface area contributed by atoms with Crippen LogP contribution in [-0.4, -0.2) is 6.71 Å². The number of hydrogen-bond acceptors (Lipinski definition) is 3. The number of fused-ring (bicyclic) bond motifs is 8. The van der Waals surface area contributed by atoms with Gasteiger partial charge in [-0.15, -0.1) is 0 Å². The third kappa shape index (κ3) is 3.96. The number of hydrogen-bond donors (Lipinski definition) is 0. The first-order valence-corrected chi connectivity index (χ1v) is 17.7. The van der Waals surface area contributed by atoms with Gasteiger partial charge in [-0.2, -0.15) is 0 Å². The Kier molecular flexibility index (Phi) is 5.82. The molecule has 1 aliphatic carbocycles. The summed E-state index contributed by atoms with van der Waals surface area (Å²) in [6, 6.07) is 56.7. The van der Waals surface area contributed by atoms with Crippen LogP contribution in [0.5, 0.6) is 23.0 Å². The van der Waals surface area contributed by atoms with Crippen molar-refractivity contribution in [3.8, 4) is 34.1 Å². The lowest BCUT2D eigenvalue weighted by Crippen LogP contribution is -2.57. The zero-order valence-electron chi connectivity index (χ0n) is 28.4. The zero-order chi connectivity index (χ0) is 33.8. The average Bonchev–Trinajstić information content (AvgIpc) is 3.17. The monoisotopic (exact) mass is 653 g/mol. The Balaban J connectivity index is 1.15. The van der Waals surface area contributed by atoms with Crippen molar-refractivity contribution in [3.05, 3.63) is 169 Å². The summed E-state index contributed by atoms with van der Waals surface area (Å²) < 4.78 is 13.5. The second-order valence-electron chi connectivity index (χ2n) is 14.4. The maximum Gasteiger partial charge on any atom is 0.260 e. The molecule has 0 N–H and O–H groups in total. The minimum atomic E-state index is -0.267. The second-order valence-corrected chi connectivity index (χ2v) is 14.4. The molecule has 0 fully saturated rings. The molecule has 240 valence electrons. The fraction of sp³-hybridized carbons (Fsp3) is 0.0638. The maximum atomic E-state index is 6.83. The highest BCUT2D eigenvalue weighted by Crippen LogP contribution is 2.53. The van der Waals surface area contributed by atoms with Gasteiger partial charge in [-0.05, 0) is 92.5 Å². The smallest absolute Gasteiger partial charge is 0.260 e. The quantitative estimate of drug-likeness (QED) is 0.177. The topological polar surface area (TPSA) is 21.7 Å². The molecule has 2 heterocycles. The van der Waals surface area contributed by atoms with Gasteiger partial charge in [0.2, 0.25) is 0 Å². The van der Waals surface area contributed by atoms with E-state index < -0.39 is 0 Å². The highest BCUT2D eigenvalue weighted by atomic mass is 16.5. The van der Waals surface area contributed by atoms with Gasteiger partial charge in [-0.25, -0.2) is 0 Å². The molecule has 51 heavy (non-hydrogen) atoms. The Bertz CT molecular complexity index is 2700. The minimum absolute atomic E-state index is 0.000672. The molecule has 0 bridgehead atoms. The predicted molar refractivity (Wildman–Crippen MR) is 211 cm³/mol. The van der Waals surface area contributed by atoms with Crippen LogP contribution in [0.2, 0.25) is 0 Å². The molecule has 0 radical (unpaired) electrons. The predicted octanol–water partition coefficient (Wildman–Crippen LogP) is 10.5. The number of para-hydroxylation sites is 2. The molecule has 3 aliphatic rings. The SMILES string of the molecule is CC1(C)c2cc3c(cc2-c2ccc(N(c4ccccc4)c4ccccc4)c4cccc1c24)Oc1cccc2c1B3c1ccc3ccccc3c1O2. The first kappa shape index (κ1) is 28.6. The standard InChI is InChI=1S/C47H32BNO2/c1-47(2)36-20-11-19-34-40(49(30-14-5-3-6-15-30)31-16-7-4-8-17-31)26-24-33(44(34)36)35-27-43-39(28-37(35)47)48-38-25-23-29-13-9-10-18-32(29)46(38)51-42-22-12-21-41(50-43)45(42)48/h3-28H,1-2H3. The molecular formula is C47H32BNO2. The van der Waals surface area contributed by atoms with E-state index in [-0.39, 0.29) is 12.1 Å². The Hall–Kier alpha value is -6.26. The molecule has 8 aromatic carbocycles. The van der Waals surface area contributed by atoms with Gasteiger partial charge in [0.1, 0.15) is 23.0 Å². The lowest BCUT2D eigenvalue weighted by atomic mass is 9.34. The minimum Gasteiger partial charge on any atom is -0.458 e. The largest absolute Gasteiger partial charge is 0.458 e. The van der Waals surface area contributed by atoms with Crippen molar-refractivity contribution in [2.75, 3.05) is 4.90 Å². The van der Waals surface area contributed by atoms with Crippen LogP contribution in [0.15, 0.2) is 158 Å². The summed E-state index contributed by atoms with van der Waals surface area (Å²) in [5.74, 6) is 3.58. The van der Waals surface area contributed by atoms with Crippen molar-refractivity contribution in [1.29, 1.82) is 0 Å². The average molecular weight is 654 g/mol. The highest BCUT2D eigenvalue weighted by molar-refractivity contribution is 6.98. The van der Waals surface area contributed by atoms with E-state index >= 15 is 0 Å². The first-order chi connectivity index (χ1) is 25.1. The van der Waals surface area contributed by atoms with E-state index in [4.69, 9.17) is 9.47 Å². The molecule has 0 saturated heterocycles. The highest BCUT2D eigenvalue weighted by Gasteiger charge is 2.43. The van der Waals surface area contributed by atoms with Crippen molar-refractivity contribution in [3.63, 3.8) is 0 Å². The van der Waals surface area contributed by atoms with E-state index in [2.05, 4.69) is 170 Å². The van der Waals surface area contributed by atoms with E-state index in [9.17, 15) is 0 Å². The van der Waals surface area contributed by atoms with Crippen molar-refractivity contribution in [2.45, 2.75) is 19.3 Å². The van der Waals surface area contributed by atoms with Gasteiger partial charge < -0.3 is 14.4 Å². The molecule has 0 spiro atoms. The molecule has 0 atom stereocenters. The maximum absolute atomic E-state index is 6.83. The van der Waals surface area contributed by atoms with Gasteiger partial charge in [0.25, 0.3) is 6.71 Å². The lowest BCUT2D eigenvalue weighted by Gasteiger charge is -2.39. The van der Waals surface area contributed by atoms with Gasteiger partial charge in [0, 0.05) is 33.0 Å². The summed E-state index contributed by atoms with van der Waals surface area (Å²) in [7, 11) is 0. The fourth-order valence-corrected chi connectivity index (χ4v) is 9.00. The van der Waals surface area contributed by atoms with Crippen molar-refractivity contribution in [2.24, 2.45) is 0 Å². The van der Waals surface area contributed by atoms with E-state index in [1.54, 1.807) is 0 Å². The van der Waals surface area contributed by atoms with Crippen molar-refractivity contribution < 1.29 is 9.47 Å². The second kappa shape index (κ2) is 10.4. The molecule has 3 nitrogen and oxygen atoms in total. The molecular weight excluding hydrogens is 621 g/mol. The van der Waals surface area contributed by atoms with Gasteiger partial charge in [0.15, 0.2) is 0 Å². The molecule has 8 aromatic rings. The van der Waals surface area contributed by atoms with Gasteiger partial charge in [-0.3, -0.25) is 0 Å². The molecule has 0 saturated carbocycles. The summed E-state index contributed by atoms with van der Waals surface area (Å²) in [6.45, 7) is 4.76. The van der Waals surface area contributed by atoms with Gasteiger partial charge in [0.05, 0.1) is 5.69 Å². The van der Waals surface area contributed by atoms with E-state index in [0.29, 0.717) is 0 Å². The van der Waals surface area contributed by atoms with Crippen LogP contribution >= 0.6 is 0 Å². The van der Waals surface area contributed by atoms with Gasteiger partial charge in [-0.1, -0.05) is 123 Å². The Morgan fingerprint density at radius 2 is 1.20 bits per heavy atom. The fourth-order valence-electron chi connectivity index (χ4n) is 9.00. The van der Waals surface area contributed by atoms with E-state index in [1.165, 1.54) is 49.3 Å². The van der Waals surface area contributed by atoms with Crippen LogP contribution in [0.3, 0.4) is 0 Å². The lowest BCUT2D eigenvalue weighted by molar-refractivity contribution is 0.467. The Labute approximate surface area is 297 Å². The molecule has 4 heteroatoms. The van der Waals surface area contributed by atoms with Crippen LogP contribution in [0, 0.1) is 0 Å². The van der Waals surface area contributed by atoms with E-state index in [1.807, 2.05) is 6.07 Å². The molecule has 2 aliphatic heterocycles. The third-order valence-electron chi connectivity index (χ3n) is 11.4. The van der Waals surface area contributed by atoms with Crippen molar-refractivity contribution in [1.82, 2.24) is 0 Å². The number of nitrogens with zero attached hydrogens (tertiary/aromatic N) is 1. The summed E-state index contributed by atoms with van der Waals surface area (Å²) >= 11 is 0. The zero-order valence-corrected chi connectivity index (χ0v) is 28.4.